The van der Waals surface area contributed by atoms with Crippen molar-refractivity contribution in [1.29, 1.82) is 0 Å². The molecule has 112 valence electrons. The second-order valence-electron chi connectivity index (χ2n) is 7.52. The Labute approximate surface area is 129 Å². The second-order valence-corrected chi connectivity index (χ2v) is 7.52. The first-order valence-electron chi connectivity index (χ1n) is 7.74. The molecule has 0 aliphatic carbocycles. The van der Waals surface area contributed by atoms with E-state index in [-0.39, 0.29) is 0 Å². The minimum absolute atomic E-state index is 0.332. The van der Waals surface area contributed by atoms with E-state index in [2.05, 4.69) is 83.6 Å². The molecular formula is C20H28N+. The lowest BCUT2D eigenvalue weighted by molar-refractivity contribution is -0.660. The Morgan fingerprint density at radius 2 is 1.57 bits per heavy atom. The predicted octanol–water partition coefficient (Wildman–Crippen LogP) is 4.69. The molecule has 1 heteroatoms. The van der Waals surface area contributed by atoms with Gasteiger partial charge in [-0.1, -0.05) is 32.9 Å². The maximum absolute atomic E-state index is 2.34. The molecule has 0 amide bonds. The molecule has 0 spiro atoms. The van der Waals surface area contributed by atoms with E-state index in [1.807, 2.05) is 0 Å². The maximum Gasteiger partial charge on any atom is 0.212 e. The van der Waals surface area contributed by atoms with Crippen molar-refractivity contribution in [1.82, 2.24) is 0 Å². The van der Waals surface area contributed by atoms with Crippen LogP contribution < -0.4 is 4.57 Å². The van der Waals surface area contributed by atoms with Crippen LogP contribution in [0.1, 0.15) is 43.0 Å². The number of aromatic nitrogens is 1. The zero-order valence-electron chi connectivity index (χ0n) is 14.5. The SMILES string of the molecule is Cc1cc(-c2ccc(CC(C)(C)C)cc2C)[n+](C)cc1C. The van der Waals surface area contributed by atoms with Gasteiger partial charge in [-0.15, -0.1) is 0 Å². The van der Waals surface area contributed by atoms with E-state index in [4.69, 9.17) is 0 Å². The van der Waals surface area contributed by atoms with Gasteiger partial charge in [-0.25, -0.2) is 4.57 Å². The summed E-state index contributed by atoms with van der Waals surface area (Å²) >= 11 is 0. The Balaban J connectivity index is 2.44. The normalized spacial score (nSPS) is 11.8. The van der Waals surface area contributed by atoms with Crippen LogP contribution in [0.3, 0.4) is 0 Å². The molecule has 0 aliphatic heterocycles. The first-order chi connectivity index (χ1) is 9.67. The van der Waals surface area contributed by atoms with Gasteiger partial charge in [-0.3, -0.25) is 0 Å². The second kappa shape index (κ2) is 5.63. The molecule has 1 heterocycles. The minimum atomic E-state index is 0.332. The van der Waals surface area contributed by atoms with Gasteiger partial charge >= 0.3 is 0 Å². The highest BCUT2D eigenvalue weighted by molar-refractivity contribution is 5.62. The van der Waals surface area contributed by atoms with Crippen LogP contribution in [0.4, 0.5) is 0 Å². The van der Waals surface area contributed by atoms with E-state index in [0.29, 0.717) is 5.41 Å². The van der Waals surface area contributed by atoms with Gasteiger partial charge in [-0.2, -0.15) is 0 Å². The molecule has 0 unspecified atom stereocenters. The summed E-state index contributed by atoms with van der Waals surface area (Å²) in [5, 5.41) is 0. The van der Waals surface area contributed by atoms with Crippen LogP contribution in [0.5, 0.6) is 0 Å². The highest BCUT2D eigenvalue weighted by Gasteiger charge is 2.16. The summed E-state index contributed by atoms with van der Waals surface area (Å²) in [7, 11) is 2.13. The minimum Gasteiger partial charge on any atom is -0.201 e. The summed E-state index contributed by atoms with van der Waals surface area (Å²) in [5.41, 5.74) is 8.42. The van der Waals surface area contributed by atoms with Crippen molar-refractivity contribution < 1.29 is 4.57 Å². The fourth-order valence-corrected chi connectivity index (χ4v) is 2.89. The molecule has 0 atom stereocenters. The standard InChI is InChI=1S/C20H28N/c1-14-11-19(21(7)13-16(14)3)18-9-8-17(10-15(18)2)12-20(4,5)6/h8-11,13H,12H2,1-7H3/q+1. The number of hydrogen-bond donors (Lipinski definition) is 0. The van der Waals surface area contributed by atoms with Crippen molar-refractivity contribution in [2.75, 3.05) is 0 Å². The van der Waals surface area contributed by atoms with Gasteiger partial charge < -0.3 is 0 Å². The van der Waals surface area contributed by atoms with E-state index in [1.165, 1.54) is 33.5 Å². The van der Waals surface area contributed by atoms with Gasteiger partial charge in [-0.05, 0) is 55.4 Å². The van der Waals surface area contributed by atoms with Crippen LogP contribution in [-0.2, 0) is 13.5 Å². The Hall–Kier alpha value is -1.63. The van der Waals surface area contributed by atoms with Crippen LogP contribution >= 0.6 is 0 Å². The van der Waals surface area contributed by atoms with Crippen molar-refractivity contribution in [3.05, 3.63) is 52.7 Å². The first-order valence-corrected chi connectivity index (χ1v) is 7.74. The lowest BCUT2D eigenvalue weighted by Gasteiger charge is -2.19. The number of aryl methyl sites for hydroxylation is 4. The summed E-state index contributed by atoms with van der Waals surface area (Å²) in [6.45, 7) is 13.4. The molecule has 0 N–H and O–H groups in total. The van der Waals surface area contributed by atoms with Gasteiger partial charge in [0.1, 0.15) is 7.05 Å². The van der Waals surface area contributed by atoms with Crippen molar-refractivity contribution in [3.63, 3.8) is 0 Å². The molecule has 1 aromatic heterocycles. The molecule has 0 fully saturated rings. The van der Waals surface area contributed by atoms with Gasteiger partial charge in [0.15, 0.2) is 6.20 Å². The number of benzene rings is 1. The molecule has 0 saturated heterocycles. The molecule has 1 nitrogen and oxygen atoms in total. The zero-order chi connectivity index (χ0) is 15.8. The molecule has 21 heavy (non-hydrogen) atoms. The van der Waals surface area contributed by atoms with Crippen LogP contribution in [-0.4, -0.2) is 0 Å². The molecule has 1 aromatic carbocycles. The van der Waals surface area contributed by atoms with E-state index in [9.17, 15) is 0 Å². The first kappa shape index (κ1) is 15.8. The van der Waals surface area contributed by atoms with E-state index in [0.717, 1.165) is 6.42 Å². The fourth-order valence-electron chi connectivity index (χ4n) is 2.89. The Kier molecular flexibility index (Phi) is 4.22. The van der Waals surface area contributed by atoms with E-state index in [1.54, 1.807) is 0 Å². The van der Waals surface area contributed by atoms with Gasteiger partial charge in [0.05, 0.1) is 0 Å². The molecular weight excluding hydrogens is 254 g/mol. The van der Waals surface area contributed by atoms with E-state index < -0.39 is 0 Å². The van der Waals surface area contributed by atoms with Crippen molar-refractivity contribution in [2.45, 2.75) is 48.0 Å². The van der Waals surface area contributed by atoms with E-state index >= 15 is 0 Å². The monoisotopic (exact) mass is 282 g/mol. The van der Waals surface area contributed by atoms with Gasteiger partial charge in [0.2, 0.25) is 5.69 Å². The maximum atomic E-state index is 2.34. The average molecular weight is 282 g/mol. The molecule has 0 saturated carbocycles. The largest absolute Gasteiger partial charge is 0.212 e. The molecule has 0 aliphatic rings. The Bertz CT molecular complexity index is 660. The number of hydrogen-bond acceptors (Lipinski definition) is 0. The summed E-state index contributed by atoms with van der Waals surface area (Å²) < 4.78 is 2.23. The highest BCUT2D eigenvalue weighted by atomic mass is 14.9. The number of pyridine rings is 1. The van der Waals surface area contributed by atoms with Crippen LogP contribution in [0.25, 0.3) is 11.3 Å². The Morgan fingerprint density at radius 3 is 2.14 bits per heavy atom. The third-order valence-electron chi connectivity index (χ3n) is 4.04. The third kappa shape index (κ3) is 3.72. The average Bonchev–Trinajstić information content (AvgIpc) is 2.32. The van der Waals surface area contributed by atoms with Crippen molar-refractivity contribution in [2.24, 2.45) is 12.5 Å². The predicted molar refractivity (Wildman–Crippen MR) is 90.4 cm³/mol. The van der Waals surface area contributed by atoms with Gasteiger partial charge in [0, 0.05) is 17.2 Å². The molecule has 2 aromatic rings. The number of rotatable bonds is 2. The quantitative estimate of drug-likeness (QED) is 0.703. The Morgan fingerprint density at radius 1 is 0.905 bits per heavy atom. The summed E-state index contributed by atoms with van der Waals surface area (Å²) in [4.78, 5) is 0. The zero-order valence-corrected chi connectivity index (χ0v) is 14.5. The third-order valence-corrected chi connectivity index (χ3v) is 4.04. The molecule has 0 bridgehead atoms. The summed E-state index contributed by atoms with van der Waals surface area (Å²) in [6, 6.07) is 9.19. The van der Waals surface area contributed by atoms with Crippen LogP contribution in [0, 0.1) is 26.2 Å². The fraction of sp³-hybridized carbons (Fsp3) is 0.450. The van der Waals surface area contributed by atoms with Crippen LogP contribution in [0.15, 0.2) is 30.5 Å². The molecule has 2 rings (SSSR count). The van der Waals surface area contributed by atoms with Crippen molar-refractivity contribution in [3.8, 4) is 11.3 Å². The van der Waals surface area contributed by atoms with Crippen LogP contribution in [0.2, 0.25) is 0 Å². The summed E-state index contributed by atoms with van der Waals surface area (Å²) in [6.07, 6.45) is 3.33. The summed E-state index contributed by atoms with van der Waals surface area (Å²) in [5.74, 6) is 0. The molecule has 0 radical (unpaired) electrons. The lowest BCUT2D eigenvalue weighted by atomic mass is 9.87. The smallest absolute Gasteiger partial charge is 0.201 e. The number of nitrogens with zero attached hydrogens (tertiary/aromatic N) is 1. The lowest BCUT2D eigenvalue weighted by Crippen LogP contribution is -2.31. The van der Waals surface area contributed by atoms with Gasteiger partial charge in [0.25, 0.3) is 0 Å². The van der Waals surface area contributed by atoms with Crippen molar-refractivity contribution >= 4 is 0 Å². The highest BCUT2D eigenvalue weighted by Crippen LogP contribution is 2.26. The topological polar surface area (TPSA) is 3.88 Å².